The van der Waals surface area contributed by atoms with Crippen LogP contribution in [0.2, 0.25) is 0 Å². The van der Waals surface area contributed by atoms with Crippen LogP contribution in [0.5, 0.6) is 0 Å². The maximum Gasteiger partial charge on any atom is 0.191 e. The Morgan fingerprint density at radius 1 is 1.19 bits per heavy atom. The minimum Gasteiger partial charge on any atom is -0.379 e. The summed E-state index contributed by atoms with van der Waals surface area (Å²) in [7, 11) is 0. The second kappa shape index (κ2) is 13.6. The van der Waals surface area contributed by atoms with Crippen LogP contribution in [0.15, 0.2) is 35.3 Å². The maximum absolute atomic E-state index is 5.58. The molecule has 3 rings (SSSR count). The summed E-state index contributed by atoms with van der Waals surface area (Å²) in [5.74, 6) is 0.957. The van der Waals surface area contributed by atoms with Crippen LogP contribution in [-0.4, -0.2) is 79.3 Å². The highest BCUT2D eigenvalue weighted by Gasteiger charge is 2.26. The highest BCUT2D eigenvalue weighted by Crippen LogP contribution is 2.20. The van der Waals surface area contributed by atoms with Crippen LogP contribution in [0.1, 0.15) is 46.1 Å². The molecule has 0 aromatic heterocycles. The molecule has 4 unspecified atom stereocenters. The van der Waals surface area contributed by atoms with Gasteiger partial charge in [-0.25, -0.2) is 0 Å². The standard InChI is InChI=1S/C24H41N5O.HI/c1-5-25-24(26-16-20(3)29-13-14-30-18-21(29)4)27-23-11-12-28(19(2)15-23)17-22-9-7-6-8-10-22;/h6-10,19-21,23H,5,11-18H2,1-4H3,(H2,25,26,27);1H. The zero-order valence-electron chi connectivity index (χ0n) is 19.7. The zero-order valence-corrected chi connectivity index (χ0v) is 22.0. The van der Waals surface area contributed by atoms with Crippen LogP contribution in [0, 0.1) is 0 Å². The molecule has 1 aromatic carbocycles. The van der Waals surface area contributed by atoms with Gasteiger partial charge in [-0.2, -0.15) is 0 Å². The SMILES string of the molecule is CCNC(=NCC(C)N1CCOCC1C)NC1CCN(Cc2ccccc2)C(C)C1.I. The summed E-state index contributed by atoms with van der Waals surface area (Å²) in [5, 5.41) is 7.16. The van der Waals surface area contributed by atoms with Gasteiger partial charge in [0.2, 0.25) is 0 Å². The molecule has 2 aliphatic heterocycles. The second-order valence-electron chi connectivity index (χ2n) is 8.90. The Balaban J connectivity index is 0.00000341. The van der Waals surface area contributed by atoms with Gasteiger partial charge in [0.05, 0.1) is 19.8 Å². The number of benzene rings is 1. The number of hydrogen-bond donors (Lipinski definition) is 2. The molecule has 0 radical (unpaired) electrons. The third kappa shape index (κ3) is 8.18. The first kappa shape index (κ1) is 26.4. The molecule has 7 heteroatoms. The van der Waals surface area contributed by atoms with Gasteiger partial charge in [0.1, 0.15) is 0 Å². The average Bonchev–Trinajstić information content (AvgIpc) is 2.75. The summed E-state index contributed by atoms with van der Waals surface area (Å²) < 4.78 is 5.58. The van der Waals surface area contributed by atoms with Crippen molar-refractivity contribution in [2.24, 2.45) is 4.99 Å². The van der Waals surface area contributed by atoms with E-state index in [4.69, 9.17) is 9.73 Å². The second-order valence-corrected chi connectivity index (χ2v) is 8.90. The van der Waals surface area contributed by atoms with E-state index in [1.807, 2.05) is 0 Å². The molecular formula is C24H42IN5O. The highest BCUT2D eigenvalue weighted by molar-refractivity contribution is 14.0. The molecule has 0 saturated carbocycles. The van der Waals surface area contributed by atoms with E-state index in [0.717, 1.165) is 64.7 Å². The molecule has 2 heterocycles. The monoisotopic (exact) mass is 543 g/mol. The van der Waals surface area contributed by atoms with Crippen LogP contribution >= 0.6 is 24.0 Å². The quantitative estimate of drug-likeness (QED) is 0.314. The number of ether oxygens (including phenoxy) is 1. The van der Waals surface area contributed by atoms with Gasteiger partial charge in [-0.1, -0.05) is 30.3 Å². The van der Waals surface area contributed by atoms with E-state index < -0.39 is 0 Å². The molecule has 2 N–H and O–H groups in total. The third-order valence-electron chi connectivity index (χ3n) is 6.43. The summed E-state index contributed by atoms with van der Waals surface area (Å²) in [6, 6.07) is 12.7. The molecule has 176 valence electrons. The molecule has 0 aliphatic carbocycles. The number of morpholine rings is 1. The Labute approximate surface area is 206 Å². The van der Waals surface area contributed by atoms with Gasteiger partial charge < -0.3 is 15.4 Å². The van der Waals surface area contributed by atoms with Crippen molar-refractivity contribution >= 4 is 29.9 Å². The fourth-order valence-electron chi connectivity index (χ4n) is 4.64. The summed E-state index contributed by atoms with van der Waals surface area (Å²) in [4.78, 5) is 10.0. The summed E-state index contributed by atoms with van der Waals surface area (Å²) >= 11 is 0. The topological polar surface area (TPSA) is 52.1 Å². The molecule has 0 spiro atoms. The number of nitrogens with one attached hydrogen (secondary N) is 2. The van der Waals surface area contributed by atoms with Crippen LogP contribution in [0.4, 0.5) is 0 Å². The van der Waals surface area contributed by atoms with E-state index in [9.17, 15) is 0 Å². The van der Waals surface area contributed by atoms with E-state index in [-0.39, 0.29) is 24.0 Å². The molecule has 2 fully saturated rings. The van der Waals surface area contributed by atoms with Crippen molar-refractivity contribution in [2.45, 2.75) is 71.2 Å². The molecule has 2 saturated heterocycles. The van der Waals surface area contributed by atoms with E-state index in [2.05, 4.69) is 78.5 Å². The lowest BCUT2D eigenvalue weighted by Gasteiger charge is -2.39. The Bertz CT molecular complexity index is 659. The first-order chi connectivity index (χ1) is 14.6. The van der Waals surface area contributed by atoms with Crippen molar-refractivity contribution in [1.82, 2.24) is 20.4 Å². The minimum atomic E-state index is 0. The Morgan fingerprint density at radius 3 is 2.65 bits per heavy atom. The van der Waals surface area contributed by atoms with Crippen LogP contribution < -0.4 is 10.6 Å². The van der Waals surface area contributed by atoms with Crippen molar-refractivity contribution < 1.29 is 4.74 Å². The summed E-state index contributed by atoms with van der Waals surface area (Å²) in [5.41, 5.74) is 1.40. The Kier molecular flexibility index (Phi) is 11.6. The molecule has 31 heavy (non-hydrogen) atoms. The first-order valence-electron chi connectivity index (χ1n) is 11.7. The van der Waals surface area contributed by atoms with Crippen molar-refractivity contribution in [3.63, 3.8) is 0 Å². The Morgan fingerprint density at radius 2 is 1.97 bits per heavy atom. The van der Waals surface area contributed by atoms with Crippen LogP contribution in [0.3, 0.4) is 0 Å². The normalized spacial score (nSPS) is 26.7. The molecule has 6 nitrogen and oxygen atoms in total. The molecule has 0 bridgehead atoms. The lowest BCUT2D eigenvalue weighted by Crippen LogP contribution is -2.52. The number of guanidine groups is 1. The van der Waals surface area contributed by atoms with Gasteiger partial charge in [-0.05, 0) is 46.1 Å². The van der Waals surface area contributed by atoms with Gasteiger partial charge in [-0.3, -0.25) is 14.8 Å². The lowest BCUT2D eigenvalue weighted by molar-refractivity contribution is -0.0166. The van der Waals surface area contributed by atoms with E-state index in [1.54, 1.807) is 0 Å². The van der Waals surface area contributed by atoms with Crippen LogP contribution in [0.25, 0.3) is 0 Å². The highest BCUT2D eigenvalue weighted by atomic mass is 127. The van der Waals surface area contributed by atoms with Gasteiger partial charge >= 0.3 is 0 Å². The minimum absolute atomic E-state index is 0. The summed E-state index contributed by atoms with van der Waals surface area (Å²) in [6.45, 7) is 15.5. The first-order valence-corrected chi connectivity index (χ1v) is 11.7. The number of hydrogen-bond acceptors (Lipinski definition) is 4. The van der Waals surface area contributed by atoms with Gasteiger partial charge in [0.25, 0.3) is 0 Å². The maximum atomic E-state index is 5.58. The molecule has 1 aromatic rings. The van der Waals surface area contributed by atoms with Crippen molar-refractivity contribution in [3.8, 4) is 0 Å². The molecule has 4 atom stereocenters. The van der Waals surface area contributed by atoms with Crippen molar-refractivity contribution in [2.75, 3.05) is 39.4 Å². The largest absolute Gasteiger partial charge is 0.379 e. The lowest BCUT2D eigenvalue weighted by atomic mass is 9.97. The van der Waals surface area contributed by atoms with Gasteiger partial charge in [0, 0.05) is 50.3 Å². The predicted octanol–water partition coefficient (Wildman–Crippen LogP) is 3.32. The molecule has 2 aliphatic rings. The predicted molar refractivity (Wildman–Crippen MR) is 140 cm³/mol. The number of nitrogens with zero attached hydrogens (tertiary/aromatic N) is 3. The van der Waals surface area contributed by atoms with Crippen molar-refractivity contribution in [3.05, 3.63) is 35.9 Å². The van der Waals surface area contributed by atoms with Crippen molar-refractivity contribution in [1.29, 1.82) is 0 Å². The number of piperidine rings is 1. The number of halogens is 1. The number of rotatable bonds is 7. The fourth-order valence-corrected chi connectivity index (χ4v) is 4.64. The fraction of sp³-hybridized carbons (Fsp3) is 0.708. The van der Waals surface area contributed by atoms with E-state index in [1.165, 1.54) is 5.56 Å². The summed E-state index contributed by atoms with van der Waals surface area (Å²) in [6.07, 6.45) is 2.30. The zero-order chi connectivity index (χ0) is 21.3. The molecule has 0 amide bonds. The third-order valence-corrected chi connectivity index (χ3v) is 6.43. The number of likely N-dealkylation sites (tertiary alicyclic amines) is 1. The van der Waals surface area contributed by atoms with E-state index >= 15 is 0 Å². The Hall–Kier alpha value is -0.900. The average molecular weight is 544 g/mol. The molecular weight excluding hydrogens is 501 g/mol. The van der Waals surface area contributed by atoms with Crippen LogP contribution in [-0.2, 0) is 11.3 Å². The smallest absolute Gasteiger partial charge is 0.191 e. The van der Waals surface area contributed by atoms with E-state index in [0.29, 0.717) is 24.2 Å². The van der Waals surface area contributed by atoms with Gasteiger partial charge in [-0.15, -0.1) is 24.0 Å². The number of aliphatic imine (C=N–C) groups is 1. The van der Waals surface area contributed by atoms with Gasteiger partial charge in [0.15, 0.2) is 5.96 Å².